The van der Waals surface area contributed by atoms with Gasteiger partial charge in [0.2, 0.25) is 5.95 Å². The maximum atomic E-state index is 13.9. The molecule has 4 heterocycles. The van der Waals surface area contributed by atoms with E-state index in [9.17, 15) is 13.9 Å². The molecule has 1 saturated heterocycles. The Kier molecular flexibility index (Phi) is 6.97. The van der Waals surface area contributed by atoms with Gasteiger partial charge in [0.05, 0.1) is 11.9 Å². The average Bonchev–Trinajstić information content (AvgIpc) is 3.61. The van der Waals surface area contributed by atoms with Crippen LogP contribution in [0.2, 0.25) is 0 Å². The van der Waals surface area contributed by atoms with Gasteiger partial charge in [0.15, 0.2) is 5.84 Å². The SMILES string of the molecule is Cn1cc(-c2c[nH]c(C(=NC=N)N3CCN(c4ncc([C@@](O)(CF)c5ccc(F)cc5)cn4)CC3)c2)cn1. The van der Waals surface area contributed by atoms with Crippen molar-refractivity contribution in [2.24, 2.45) is 12.0 Å². The van der Waals surface area contributed by atoms with Gasteiger partial charge in [-0.15, -0.1) is 0 Å². The number of hydrogen-bond acceptors (Lipinski definition) is 6. The lowest BCUT2D eigenvalue weighted by molar-refractivity contribution is 0.0511. The number of aryl methyl sites for hydroxylation is 1. The van der Waals surface area contributed by atoms with Crippen LogP contribution in [0.3, 0.4) is 0 Å². The molecule has 0 aliphatic carbocycles. The Hall–Kier alpha value is -4.45. The molecule has 1 aliphatic rings. The van der Waals surface area contributed by atoms with Crippen molar-refractivity contribution in [1.29, 1.82) is 5.41 Å². The third-order valence-corrected chi connectivity index (χ3v) is 6.64. The predicted octanol–water partition coefficient (Wildman–Crippen LogP) is 2.73. The molecule has 1 atom stereocenters. The molecular formula is C26H27F2N9O. The van der Waals surface area contributed by atoms with Crippen LogP contribution in [0.1, 0.15) is 16.8 Å². The molecule has 3 N–H and O–H groups in total. The van der Waals surface area contributed by atoms with E-state index < -0.39 is 18.1 Å². The fourth-order valence-corrected chi connectivity index (χ4v) is 4.51. The van der Waals surface area contributed by atoms with Gasteiger partial charge in [-0.25, -0.2) is 23.7 Å². The Morgan fingerprint density at radius 2 is 1.82 bits per heavy atom. The first-order valence-corrected chi connectivity index (χ1v) is 12.0. The van der Waals surface area contributed by atoms with E-state index in [-0.39, 0.29) is 11.1 Å². The molecule has 0 unspecified atom stereocenters. The van der Waals surface area contributed by atoms with E-state index >= 15 is 0 Å². The highest BCUT2D eigenvalue weighted by atomic mass is 19.1. The number of piperazine rings is 1. The summed E-state index contributed by atoms with van der Waals surface area (Å²) in [4.78, 5) is 20.4. The van der Waals surface area contributed by atoms with E-state index in [1.807, 2.05) is 30.4 Å². The summed E-state index contributed by atoms with van der Waals surface area (Å²) in [5.74, 6) is 0.649. The number of aliphatic imine (C=N–C) groups is 1. The van der Waals surface area contributed by atoms with E-state index in [1.165, 1.54) is 36.7 Å². The van der Waals surface area contributed by atoms with E-state index in [4.69, 9.17) is 5.41 Å². The summed E-state index contributed by atoms with van der Waals surface area (Å²) >= 11 is 0. The smallest absolute Gasteiger partial charge is 0.225 e. The Balaban J connectivity index is 1.27. The number of H-pyrrole nitrogens is 1. The van der Waals surface area contributed by atoms with Gasteiger partial charge in [-0.3, -0.25) is 10.1 Å². The van der Waals surface area contributed by atoms with Crippen molar-refractivity contribution in [3.63, 3.8) is 0 Å². The summed E-state index contributed by atoms with van der Waals surface area (Å²) in [5.41, 5.74) is 1.20. The maximum Gasteiger partial charge on any atom is 0.225 e. The molecule has 38 heavy (non-hydrogen) atoms. The number of nitrogens with one attached hydrogen (secondary N) is 2. The average molecular weight is 520 g/mol. The second kappa shape index (κ2) is 10.5. The lowest BCUT2D eigenvalue weighted by Gasteiger charge is -2.36. The monoisotopic (exact) mass is 519 g/mol. The molecule has 5 rings (SSSR count). The lowest BCUT2D eigenvalue weighted by atomic mass is 9.89. The summed E-state index contributed by atoms with van der Waals surface area (Å²) in [6.45, 7) is 1.32. The number of benzene rings is 1. The van der Waals surface area contributed by atoms with Crippen LogP contribution < -0.4 is 4.90 Å². The van der Waals surface area contributed by atoms with Gasteiger partial charge >= 0.3 is 0 Å². The standard InChI is InChI=1S/C26H27F2N9O/c1-35-15-19(12-34-35)18-10-23(30-11-18)24(33-17-29)36-6-8-37(9-7-36)25-31-13-21(14-32-25)26(38,16-27)20-2-4-22(28)5-3-20/h2-5,10-15,17,29-30,38H,6-9,16H2,1H3/t26-/m1/s1. The molecule has 0 amide bonds. The van der Waals surface area contributed by atoms with Crippen LogP contribution >= 0.6 is 0 Å². The first-order valence-electron chi connectivity index (χ1n) is 12.0. The van der Waals surface area contributed by atoms with Crippen molar-refractivity contribution < 1.29 is 13.9 Å². The highest BCUT2D eigenvalue weighted by molar-refractivity contribution is 6.01. The number of alkyl halides is 1. The van der Waals surface area contributed by atoms with Gasteiger partial charge in [-0.05, 0) is 23.8 Å². The van der Waals surface area contributed by atoms with Crippen molar-refractivity contribution in [1.82, 2.24) is 29.6 Å². The van der Waals surface area contributed by atoms with Gasteiger partial charge in [-0.2, -0.15) is 5.10 Å². The minimum atomic E-state index is -1.96. The molecule has 3 aromatic heterocycles. The summed E-state index contributed by atoms with van der Waals surface area (Å²) in [6.07, 6.45) is 9.44. The predicted molar refractivity (Wildman–Crippen MR) is 140 cm³/mol. The highest BCUT2D eigenvalue weighted by Gasteiger charge is 2.33. The van der Waals surface area contributed by atoms with Crippen LogP contribution in [0.15, 0.2) is 66.3 Å². The Bertz CT molecular complexity index is 1420. The first kappa shape index (κ1) is 25.2. The number of aromatic nitrogens is 5. The van der Waals surface area contributed by atoms with E-state index in [0.29, 0.717) is 38.0 Å². The number of aliphatic hydroxyl groups is 1. The minimum absolute atomic E-state index is 0.186. The van der Waals surface area contributed by atoms with E-state index in [2.05, 4.69) is 29.9 Å². The third-order valence-electron chi connectivity index (χ3n) is 6.64. The molecule has 4 aromatic rings. The molecule has 1 fully saturated rings. The normalized spacial score (nSPS) is 15.9. The van der Waals surface area contributed by atoms with Crippen LogP contribution in [-0.2, 0) is 12.6 Å². The van der Waals surface area contributed by atoms with Crippen molar-refractivity contribution in [2.45, 2.75) is 5.60 Å². The number of anilines is 1. The van der Waals surface area contributed by atoms with Crippen LogP contribution in [0, 0.1) is 11.2 Å². The first-order chi connectivity index (χ1) is 18.4. The molecule has 1 aliphatic heterocycles. The lowest BCUT2D eigenvalue weighted by Crippen LogP contribution is -2.49. The Labute approximate surface area is 217 Å². The second-order valence-electron chi connectivity index (χ2n) is 9.03. The zero-order valence-corrected chi connectivity index (χ0v) is 20.7. The molecule has 196 valence electrons. The van der Waals surface area contributed by atoms with Crippen molar-refractivity contribution in [3.05, 3.63) is 84.0 Å². The number of amidine groups is 1. The summed E-state index contributed by atoms with van der Waals surface area (Å²) in [5, 5.41) is 22.7. The largest absolute Gasteiger partial charge is 0.377 e. The molecule has 0 saturated carbocycles. The van der Waals surface area contributed by atoms with Gasteiger partial charge in [-0.1, -0.05) is 12.1 Å². The molecular weight excluding hydrogens is 492 g/mol. The molecule has 1 aromatic carbocycles. The summed E-state index contributed by atoms with van der Waals surface area (Å²) in [6, 6.07) is 7.03. The fraction of sp³-hybridized carbons (Fsp3) is 0.269. The zero-order valence-electron chi connectivity index (χ0n) is 20.7. The highest BCUT2D eigenvalue weighted by Crippen LogP contribution is 2.30. The van der Waals surface area contributed by atoms with Gasteiger partial charge < -0.3 is 19.9 Å². The van der Waals surface area contributed by atoms with E-state index in [1.54, 1.807) is 10.9 Å². The minimum Gasteiger partial charge on any atom is -0.377 e. The molecule has 0 spiro atoms. The summed E-state index contributed by atoms with van der Waals surface area (Å²) < 4.78 is 29.0. The van der Waals surface area contributed by atoms with Crippen molar-refractivity contribution in [3.8, 4) is 11.1 Å². The van der Waals surface area contributed by atoms with Crippen molar-refractivity contribution >= 4 is 18.1 Å². The number of rotatable bonds is 7. The van der Waals surface area contributed by atoms with E-state index in [0.717, 1.165) is 23.2 Å². The Morgan fingerprint density at radius 3 is 2.42 bits per heavy atom. The number of nitrogens with zero attached hydrogens (tertiary/aromatic N) is 7. The molecule has 12 heteroatoms. The number of halogens is 2. The molecule has 10 nitrogen and oxygen atoms in total. The fourth-order valence-electron chi connectivity index (χ4n) is 4.51. The van der Waals surface area contributed by atoms with Crippen LogP contribution in [0.25, 0.3) is 11.1 Å². The van der Waals surface area contributed by atoms with Crippen LogP contribution in [-0.4, -0.2) is 79.8 Å². The maximum absolute atomic E-state index is 13.9. The van der Waals surface area contributed by atoms with Crippen LogP contribution in [0.5, 0.6) is 0 Å². The number of hydrogen-bond donors (Lipinski definition) is 3. The second-order valence-corrected chi connectivity index (χ2v) is 9.03. The van der Waals surface area contributed by atoms with Gasteiger partial charge in [0.25, 0.3) is 0 Å². The third kappa shape index (κ3) is 4.90. The topological polar surface area (TPSA) is 122 Å². The van der Waals surface area contributed by atoms with Gasteiger partial charge in [0.1, 0.15) is 24.4 Å². The summed E-state index contributed by atoms with van der Waals surface area (Å²) in [7, 11) is 1.86. The molecule has 0 radical (unpaired) electrons. The number of aromatic amines is 1. The molecule has 0 bridgehead atoms. The van der Waals surface area contributed by atoms with Crippen LogP contribution in [0.4, 0.5) is 14.7 Å². The quantitative estimate of drug-likeness (QED) is 0.255. The van der Waals surface area contributed by atoms with Gasteiger partial charge in [0, 0.05) is 74.7 Å². The zero-order chi connectivity index (χ0) is 26.7. The van der Waals surface area contributed by atoms with Crippen molar-refractivity contribution in [2.75, 3.05) is 37.8 Å². The Morgan fingerprint density at radius 1 is 1.11 bits per heavy atom.